The Kier molecular flexibility index (Phi) is 3.91. The summed E-state index contributed by atoms with van der Waals surface area (Å²) in [5, 5.41) is 6.13. The molecular formula is C11H11ClFN3S. The summed E-state index contributed by atoms with van der Waals surface area (Å²) in [6, 6.07) is 1.21. The van der Waals surface area contributed by atoms with Gasteiger partial charge in [-0.2, -0.15) is 0 Å². The lowest BCUT2D eigenvalue weighted by Gasteiger charge is -2.15. The van der Waals surface area contributed by atoms with Crippen molar-refractivity contribution in [1.82, 2.24) is 9.97 Å². The first-order valence-corrected chi connectivity index (χ1v) is 6.43. The van der Waals surface area contributed by atoms with E-state index in [1.54, 1.807) is 6.20 Å². The molecule has 0 spiro atoms. The van der Waals surface area contributed by atoms with Crippen molar-refractivity contribution < 1.29 is 4.39 Å². The van der Waals surface area contributed by atoms with Crippen LogP contribution in [0.1, 0.15) is 24.4 Å². The maximum absolute atomic E-state index is 13.6. The summed E-state index contributed by atoms with van der Waals surface area (Å²) in [5.41, 5.74) is 0. The zero-order chi connectivity index (χ0) is 12.3. The van der Waals surface area contributed by atoms with Crippen molar-refractivity contribution in [2.75, 3.05) is 5.32 Å². The van der Waals surface area contributed by atoms with E-state index in [0.29, 0.717) is 0 Å². The summed E-state index contributed by atoms with van der Waals surface area (Å²) in [7, 11) is 0. The standard InChI is InChI=1S/C11H11ClFN3S/c1-2-9(11-14-3-4-17-11)16-10-8(13)5-7(12)6-15-10/h3-6,9H,2H2,1H3,(H,15,16). The monoisotopic (exact) mass is 271 g/mol. The van der Waals surface area contributed by atoms with Gasteiger partial charge in [0.05, 0.1) is 11.1 Å². The molecule has 0 aromatic carbocycles. The third-order valence-corrected chi connectivity index (χ3v) is 3.37. The molecule has 0 aliphatic rings. The first kappa shape index (κ1) is 12.3. The molecule has 0 fully saturated rings. The molecule has 3 nitrogen and oxygen atoms in total. The van der Waals surface area contributed by atoms with Gasteiger partial charge in [-0.3, -0.25) is 0 Å². The predicted molar refractivity (Wildman–Crippen MR) is 68.0 cm³/mol. The molecule has 6 heteroatoms. The number of nitrogens with zero attached hydrogens (tertiary/aromatic N) is 2. The van der Waals surface area contributed by atoms with Crippen molar-refractivity contribution in [2.45, 2.75) is 19.4 Å². The van der Waals surface area contributed by atoms with E-state index in [9.17, 15) is 4.39 Å². The van der Waals surface area contributed by atoms with Crippen molar-refractivity contribution in [3.63, 3.8) is 0 Å². The highest BCUT2D eigenvalue weighted by atomic mass is 35.5. The van der Waals surface area contributed by atoms with Crippen LogP contribution in [0, 0.1) is 5.82 Å². The summed E-state index contributed by atoms with van der Waals surface area (Å²) in [6.07, 6.45) is 3.95. The van der Waals surface area contributed by atoms with Crippen molar-refractivity contribution >= 4 is 28.8 Å². The van der Waals surface area contributed by atoms with Gasteiger partial charge >= 0.3 is 0 Å². The van der Waals surface area contributed by atoms with E-state index in [0.717, 1.165) is 11.4 Å². The topological polar surface area (TPSA) is 37.8 Å². The van der Waals surface area contributed by atoms with Crippen molar-refractivity contribution in [3.05, 3.63) is 39.7 Å². The largest absolute Gasteiger partial charge is 0.358 e. The zero-order valence-electron chi connectivity index (χ0n) is 9.15. The number of rotatable bonds is 4. The number of thiazole rings is 1. The molecule has 2 aromatic heterocycles. The molecule has 0 amide bonds. The molecule has 2 rings (SSSR count). The summed E-state index contributed by atoms with van der Waals surface area (Å²) < 4.78 is 13.6. The van der Waals surface area contributed by atoms with E-state index < -0.39 is 5.82 Å². The van der Waals surface area contributed by atoms with Gasteiger partial charge in [-0.1, -0.05) is 18.5 Å². The summed E-state index contributed by atoms with van der Waals surface area (Å²) in [4.78, 5) is 8.14. The van der Waals surface area contributed by atoms with Crippen LogP contribution in [0.15, 0.2) is 23.8 Å². The Bertz CT molecular complexity index is 489. The predicted octanol–water partition coefficient (Wildman–Crippen LogP) is 3.89. The number of hydrogen-bond donors (Lipinski definition) is 1. The van der Waals surface area contributed by atoms with Crippen LogP contribution in [0.25, 0.3) is 0 Å². The third-order valence-electron chi connectivity index (χ3n) is 2.28. The maximum atomic E-state index is 13.6. The molecule has 0 saturated heterocycles. The lowest BCUT2D eigenvalue weighted by Crippen LogP contribution is -2.11. The van der Waals surface area contributed by atoms with Crippen molar-refractivity contribution in [2.24, 2.45) is 0 Å². The fourth-order valence-electron chi connectivity index (χ4n) is 1.43. The van der Waals surface area contributed by atoms with Crippen LogP contribution >= 0.6 is 22.9 Å². The van der Waals surface area contributed by atoms with Gasteiger partial charge in [-0.05, 0) is 12.5 Å². The molecule has 0 saturated carbocycles. The molecule has 1 N–H and O–H groups in total. The summed E-state index contributed by atoms with van der Waals surface area (Å²) >= 11 is 7.18. The second-order valence-corrected chi connectivity index (χ2v) is 4.82. The maximum Gasteiger partial charge on any atom is 0.166 e. The van der Waals surface area contributed by atoms with Gasteiger partial charge in [-0.15, -0.1) is 11.3 Å². The number of anilines is 1. The van der Waals surface area contributed by atoms with E-state index in [4.69, 9.17) is 11.6 Å². The van der Waals surface area contributed by atoms with E-state index in [2.05, 4.69) is 15.3 Å². The molecule has 90 valence electrons. The lowest BCUT2D eigenvalue weighted by atomic mass is 10.2. The number of aromatic nitrogens is 2. The zero-order valence-corrected chi connectivity index (χ0v) is 10.7. The number of nitrogens with one attached hydrogen (secondary N) is 1. The van der Waals surface area contributed by atoms with Crippen LogP contribution in [0.2, 0.25) is 5.02 Å². The van der Waals surface area contributed by atoms with Crippen LogP contribution in [0.4, 0.5) is 10.2 Å². The quantitative estimate of drug-likeness (QED) is 0.917. The SMILES string of the molecule is CCC(Nc1ncc(Cl)cc1F)c1nccs1. The van der Waals surface area contributed by atoms with Crippen LogP contribution < -0.4 is 5.32 Å². The van der Waals surface area contributed by atoms with Gasteiger partial charge in [-0.25, -0.2) is 14.4 Å². The smallest absolute Gasteiger partial charge is 0.166 e. The van der Waals surface area contributed by atoms with Gasteiger partial charge in [0.15, 0.2) is 11.6 Å². The first-order valence-electron chi connectivity index (χ1n) is 5.17. The first-order chi connectivity index (χ1) is 8.20. The van der Waals surface area contributed by atoms with Gasteiger partial charge in [0.25, 0.3) is 0 Å². The number of halogens is 2. The van der Waals surface area contributed by atoms with E-state index in [1.165, 1.54) is 23.6 Å². The van der Waals surface area contributed by atoms with Crippen LogP contribution in [-0.2, 0) is 0 Å². The second-order valence-electron chi connectivity index (χ2n) is 3.46. The molecule has 1 atom stereocenters. The lowest BCUT2D eigenvalue weighted by molar-refractivity contribution is 0.617. The van der Waals surface area contributed by atoms with Crippen LogP contribution in [0.3, 0.4) is 0 Å². The van der Waals surface area contributed by atoms with Crippen molar-refractivity contribution in [1.29, 1.82) is 0 Å². The second kappa shape index (κ2) is 5.42. The average Bonchev–Trinajstić information content (AvgIpc) is 2.81. The molecule has 17 heavy (non-hydrogen) atoms. The van der Waals surface area contributed by atoms with E-state index in [1.807, 2.05) is 12.3 Å². The molecular weight excluding hydrogens is 261 g/mol. The highest BCUT2D eigenvalue weighted by molar-refractivity contribution is 7.09. The Morgan fingerprint density at radius 2 is 2.35 bits per heavy atom. The summed E-state index contributed by atoms with van der Waals surface area (Å²) in [6.45, 7) is 2.01. The molecule has 0 radical (unpaired) electrons. The number of pyridine rings is 1. The highest BCUT2D eigenvalue weighted by Crippen LogP contribution is 2.25. The summed E-state index contributed by atoms with van der Waals surface area (Å²) in [5.74, 6) is -0.246. The Hall–Kier alpha value is -1.20. The molecule has 0 bridgehead atoms. The molecule has 0 aliphatic heterocycles. The molecule has 2 heterocycles. The Labute approximate surface area is 108 Å². The van der Waals surface area contributed by atoms with Crippen molar-refractivity contribution in [3.8, 4) is 0 Å². The fraction of sp³-hybridized carbons (Fsp3) is 0.273. The molecule has 1 unspecified atom stereocenters. The van der Waals surface area contributed by atoms with Crippen LogP contribution in [-0.4, -0.2) is 9.97 Å². The molecule has 2 aromatic rings. The Morgan fingerprint density at radius 3 is 2.94 bits per heavy atom. The highest BCUT2D eigenvalue weighted by Gasteiger charge is 2.14. The Balaban J connectivity index is 2.19. The van der Waals surface area contributed by atoms with E-state index in [-0.39, 0.29) is 16.9 Å². The average molecular weight is 272 g/mol. The van der Waals surface area contributed by atoms with Gasteiger partial charge in [0, 0.05) is 17.8 Å². The minimum atomic E-state index is -0.451. The fourth-order valence-corrected chi connectivity index (χ4v) is 2.35. The normalized spacial score (nSPS) is 12.4. The number of hydrogen-bond acceptors (Lipinski definition) is 4. The van der Waals surface area contributed by atoms with Gasteiger partial charge < -0.3 is 5.32 Å². The third kappa shape index (κ3) is 2.92. The Morgan fingerprint density at radius 1 is 1.53 bits per heavy atom. The van der Waals surface area contributed by atoms with Gasteiger partial charge in [0.2, 0.25) is 0 Å². The molecule has 0 aliphatic carbocycles. The van der Waals surface area contributed by atoms with Gasteiger partial charge in [0.1, 0.15) is 5.01 Å². The van der Waals surface area contributed by atoms with E-state index >= 15 is 0 Å². The minimum absolute atomic E-state index is 0.0295. The van der Waals surface area contributed by atoms with Crippen LogP contribution in [0.5, 0.6) is 0 Å². The minimum Gasteiger partial charge on any atom is -0.358 e.